The zero-order valence-corrected chi connectivity index (χ0v) is 12.6. The molecule has 0 amide bonds. The molecule has 8 heteroatoms. The number of hydrogen-bond acceptors (Lipinski definition) is 5. The van der Waals surface area contributed by atoms with Gasteiger partial charge in [0.25, 0.3) is 6.43 Å². The van der Waals surface area contributed by atoms with E-state index in [2.05, 4.69) is 15.5 Å². The fourth-order valence-electron chi connectivity index (χ4n) is 3.55. The molecular weight excluding hydrogens is 321 g/mol. The van der Waals surface area contributed by atoms with Crippen LogP contribution in [0.1, 0.15) is 12.8 Å². The number of halogens is 3. The zero-order chi connectivity index (χ0) is 16.9. The van der Waals surface area contributed by atoms with Gasteiger partial charge >= 0.3 is 0 Å². The number of rotatable bonds is 2. The smallest absolute Gasteiger partial charge is 0.263 e. The molecule has 1 saturated heterocycles. The minimum absolute atomic E-state index is 0.108. The van der Waals surface area contributed by atoms with Crippen molar-refractivity contribution < 1.29 is 18.3 Å². The maximum Gasteiger partial charge on any atom is 0.263 e. The number of phenolic OH excluding ortho intramolecular Hbond substituents is 1. The van der Waals surface area contributed by atoms with Gasteiger partial charge in [0.2, 0.25) is 0 Å². The van der Waals surface area contributed by atoms with E-state index in [1.54, 1.807) is 11.0 Å². The summed E-state index contributed by atoms with van der Waals surface area (Å²) in [5.74, 6) is -0.877. The summed E-state index contributed by atoms with van der Waals surface area (Å²) in [6.45, 7) is 0.607. The van der Waals surface area contributed by atoms with E-state index in [9.17, 15) is 18.3 Å². The second-order valence-electron chi connectivity index (χ2n) is 6.11. The third-order valence-electron chi connectivity index (χ3n) is 4.82. The second kappa shape index (κ2) is 5.25. The van der Waals surface area contributed by atoms with Crippen LogP contribution in [0.2, 0.25) is 0 Å². The Kier molecular flexibility index (Phi) is 3.29. The zero-order valence-electron chi connectivity index (χ0n) is 12.6. The molecule has 2 aromatic rings. The van der Waals surface area contributed by atoms with Gasteiger partial charge in [0.05, 0.1) is 11.4 Å². The van der Waals surface area contributed by atoms with Crippen LogP contribution < -0.4 is 10.2 Å². The number of nitrogens with one attached hydrogen (secondary N) is 1. The second-order valence-corrected chi connectivity index (χ2v) is 6.11. The molecule has 1 atom stereocenters. The molecule has 2 aliphatic rings. The number of fused-ring (bicyclic) bond motifs is 3. The lowest BCUT2D eigenvalue weighted by atomic mass is 9.94. The van der Waals surface area contributed by atoms with Gasteiger partial charge in [0.1, 0.15) is 5.54 Å². The van der Waals surface area contributed by atoms with Gasteiger partial charge in [-0.2, -0.15) is 0 Å². The molecule has 0 radical (unpaired) electrons. The molecule has 0 bridgehead atoms. The Morgan fingerprint density at radius 2 is 2.12 bits per heavy atom. The Hall–Kier alpha value is -2.51. The van der Waals surface area contributed by atoms with E-state index < -0.39 is 23.5 Å². The monoisotopic (exact) mass is 336 g/mol. The van der Waals surface area contributed by atoms with Gasteiger partial charge in [0.15, 0.2) is 17.4 Å². The van der Waals surface area contributed by atoms with Crippen LogP contribution in [0.15, 0.2) is 24.3 Å². The van der Waals surface area contributed by atoms with Crippen LogP contribution in [0.3, 0.4) is 0 Å². The maximum absolute atomic E-state index is 13.7. The average Bonchev–Trinajstić information content (AvgIpc) is 3.03. The fraction of sp³-hybridized carbons (Fsp3) is 0.375. The van der Waals surface area contributed by atoms with Crippen molar-refractivity contribution in [1.82, 2.24) is 10.2 Å². The summed E-state index contributed by atoms with van der Waals surface area (Å²) in [4.78, 5) is 1.66. The molecule has 0 spiro atoms. The number of para-hydroxylation sites is 1. The van der Waals surface area contributed by atoms with Crippen molar-refractivity contribution in [2.24, 2.45) is 0 Å². The molecule has 1 aromatic carbocycles. The van der Waals surface area contributed by atoms with Crippen LogP contribution >= 0.6 is 0 Å². The normalized spacial score (nSPS) is 22.2. The Morgan fingerprint density at radius 3 is 2.92 bits per heavy atom. The molecule has 24 heavy (non-hydrogen) atoms. The predicted octanol–water partition coefficient (Wildman–Crippen LogP) is 3.02. The van der Waals surface area contributed by atoms with Crippen LogP contribution in [0.25, 0.3) is 11.3 Å². The Morgan fingerprint density at radius 1 is 1.29 bits per heavy atom. The highest BCUT2D eigenvalue weighted by molar-refractivity contribution is 5.77. The summed E-state index contributed by atoms with van der Waals surface area (Å²) in [5, 5.41) is 20.8. The van der Waals surface area contributed by atoms with Crippen molar-refractivity contribution >= 4 is 11.5 Å². The number of phenols is 1. The minimum atomic E-state index is -2.50. The Labute approximate surface area is 136 Å². The number of hydrogen-bond donors (Lipinski definition) is 2. The SMILES string of the molecule is Oc1c(F)cccc1-c1cc2c(nn1)NC[C@@]1(C(F)F)CCCN21. The molecule has 126 valence electrons. The van der Waals surface area contributed by atoms with Gasteiger partial charge in [-0.25, -0.2) is 13.2 Å². The molecule has 1 fully saturated rings. The van der Waals surface area contributed by atoms with Crippen LogP contribution in [0, 0.1) is 5.82 Å². The van der Waals surface area contributed by atoms with Gasteiger partial charge in [-0.05, 0) is 31.0 Å². The summed E-state index contributed by atoms with van der Waals surface area (Å²) in [6, 6.07) is 5.67. The van der Waals surface area contributed by atoms with Gasteiger partial charge < -0.3 is 15.3 Å². The minimum Gasteiger partial charge on any atom is -0.504 e. The van der Waals surface area contributed by atoms with Gasteiger partial charge in [-0.1, -0.05) is 6.07 Å². The van der Waals surface area contributed by atoms with E-state index in [1.807, 2.05) is 0 Å². The van der Waals surface area contributed by atoms with Crippen molar-refractivity contribution in [2.45, 2.75) is 24.8 Å². The first-order valence-corrected chi connectivity index (χ1v) is 7.68. The first kappa shape index (κ1) is 15.0. The van der Waals surface area contributed by atoms with Crippen molar-refractivity contribution in [1.29, 1.82) is 0 Å². The van der Waals surface area contributed by atoms with Crippen molar-refractivity contribution in [2.75, 3.05) is 23.3 Å². The lowest BCUT2D eigenvalue weighted by Crippen LogP contribution is -2.57. The van der Waals surface area contributed by atoms with E-state index in [4.69, 9.17) is 0 Å². The number of nitrogens with zero attached hydrogens (tertiary/aromatic N) is 3. The summed E-state index contributed by atoms with van der Waals surface area (Å²) in [7, 11) is 0. The third-order valence-corrected chi connectivity index (χ3v) is 4.82. The number of anilines is 2. The molecule has 0 unspecified atom stereocenters. The predicted molar refractivity (Wildman–Crippen MR) is 82.9 cm³/mol. The van der Waals surface area contributed by atoms with E-state index in [-0.39, 0.29) is 17.8 Å². The molecular formula is C16H15F3N4O. The molecule has 1 aromatic heterocycles. The summed E-state index contributed by atoms with van der Waals surface area (Å²) in [5.41, 5.74) is -0.327. The topological polar surface area (TPSA) is 61.3 Å². The number of benzene rings is 1. The number of aromatic hydroxyl groups is 1. The van der Waals surface area contributed by atoms with Crippen LogP contribution in [-0.4, -0.2) is 40.4 Å². The van der Waals surface area contributed by atoms with E-state index >= 15 is 0 Å². The third kappa shape index (κ3) is 2.02. The standard InChI is InChI=1S/C16H15F3N4O/c17-10-4-1-3-9(13(10)24)11-7-12-14(22-21-11)20-8-16(15(18)19)5-2-6-23(12)16/h1,3-4,7,15,24H,2,5-6,8H2,(H,20,22)/t16-/m1/s1. The number of aromatic nitrogens is 2. The lowest BCUT2D eigenvalue weighted by molar-refractivity contribution is 0.0613. The molecule has 2 N–H and O–H groups in total. The lowest BCUT2D eigenvalue weighted by Gasteiger charge is -2.43. The van der Waals surface area contributed by atoms with Crippen molar-refractivity contribution in [3.63, 3.8) is 0 Å². The van der Waals surface area contributed by atoms with E-state index in [1.165, 1.54) is 12.1 Å². The molecule has 2 aliphatic heterocycles. The van der Waals surface area contributed by atoms with Crippen molar-refractivity contribution in [3.8, 4) is 17.0 Å². The molecule has 0 saturated carbocycles. The molecule has 3 heterocycles. The molecule has 4 rings (SSSR count). The largest absolute Gasteiger partial charge is 0.504 e. The quantitative estimate of drug-likeness (QED) is 0.883. The summed E-state index contributed by atoms with van der Waals surface area (Å²) >= 11 is 0. The van der Waals surface area contributed by atoms with Crippen LogP contribution in [-0.2, 0) is 0 Å². The van der Waals surface area contributed by atoms with Crippen LogP contribution in [0.5, 0.6) is 5.75 Å². The highest BCUT2D eigenvalue weighted by Crippen LogP contribution is 2.45. The number of alkyl halides is 2. The van der Waals surface area contributed by atoms with Gasteiger partial charge in [0, 0.05) is 18.7 Å². The highest BCUT2D eigenvalue weighted by Gasteiger charge is 2.51. The van der Waals surface area contributed by atoms with Crippen molar-refractivity contribution in [3.05, 3.63) is 30.1 Å². The van der Waals surface area contributed by atoms with Gasteiger partial charge in [-0.15, -0.1) is 10.2 Å². The van der Waals surface area contributed by atoms with E-state index in [0.717, 1.165) is 6.07 Å². The first-order chi connectivity index (χ1) is 11.5. The fourth-order valence-corrected chi connectivity index (χ4v) is 3.55. The molecule has 5 nitrogen and oxygen atoms in total. The van der Waals surface area contributed by atoms with E-state index in [0.29, 0.717) is 30.9 Å². The maximum atomic E-state index is 13.7. The molecule has 0 aliphatic carbocycles. The summed E-state index contributed by atoms with van der Waals surface area (Å²) in [6.07, 6.45) is -1.45. The summed E-state index contributed by atoms with van der Waals surface area (Å²) < 4.78 is 41.0. The first-order valence-electron chi connectivity index (χ1n) is 7.68. The average molecular weight is 336 g/mol. The Bertz CT molecular complexity index is 801. The Balaban J connectivity index is 1.83. The van der Waals surface area contributed by atoms with Gasteiger partial charge in [-0.3, -0.25) is 0 Å². The van der Waals surface area contributed by atoms with Crippen LogP contribution in [0.4, 0.5) is 24.7 Å². The highest BCUT2D eigenvalue weighted by atomic mass is 19.3.